The maximum atomic E-state index is 13.8. The lowest BCUT2D eigenvalue weighted by Crippen LogP contribution is -2.55. The number of rotatable bonds is 11. The predicted octanol–water partition coefficient (Wildman–Crippen LogP) is 5.62. The van der Waals surface area contributed by atoms with Gasteiger partial charge in [0.05, 0.1) is 18.5 Å². The van der Waals surface area contributed by atoms with Crippen molar-refractivity contribution >= 4 is 29.5 Å². The number of ether oxygens (including phenoxy) is 1. The molecule has 298 valence electrons. The zero-order valence-corrected chi connectivity index (χ0v) is 33.9. The van der Waals surface area contributed by atoms with Crippen molar-refractivity contribution in [3.05, 3.63) is 136 Å². The highest BCUT2D eigenvalue weighted by Crippen LogP contribution is 2.40. The standard InChI is InChI=1S/C36H43N3O6S.C9H12O/c1-22-11-10-12-23(2)27(22)19-37-34(43)32-36(3,4)46-21-39(32)35(44)28(40)18-25(17-24-13-6-5-7-14-24)33(42)38-31-26-15-8-9-16-30(26)45-20-29(31)41;1-7-4-3-5-8(2)9(7)6-10/h5-16,25,28-29,31-32,40-41H,17-21H2,1-4H3,(H,37,43)(H,38,42);3-5,10H,6H2,1-2H3/t25-,28+,29-,31+,32-;/m1./s1. The lowest BCUT2D eigenvalue weighted by molar-refractivity contribution is -0.147. The second-order valence-electron chi connectivity index (χ2n) is 15.2. The molecule has 2 heterocycles. The summed E-state index contributed by atoms with van der Waals surface area (Å²) >= 11 is 1.48. The third-order valence-corrected chi connectivity index (χ3v) is 12.2. The number of aliphatic hydroxyl groups is 3. The van der Waals surface area contributed by atoms with Crippen LogP contribution in [0.3, 0.4) is 0 Å². The number of aliphatic hydroxyl groups excluding tert-OH is 3. The molecule has 10 nitrogen and oxygen atoms in total. The van der Waals surface area contributed by atoms with Crippen LogP contribution in [0.5, 0.6) is 5.75 Å². The van der Waals surface area contributed by atoms with Crippen molar-refractivity contribution < 1.29 is 34.4 Å². The fourth-order valence-corrected chi connectivity index (χ4v) is 8.59. The van der Waals surface area contributed by atoms with E-state index < -0.39 is 46.8 Å². The molecule has 0 saturated carbocycles. The SMILES string of the molecule is Cc1cccc(C)c1CNC(=O)[C@H]1N(C(=O)[C@@H](O)C[C@@H](Cc2ccccc2)C(=O)N[C@H]2c3ccccc3OC[C@H]2O)CSC1(C)C.Cc1cccc(C)c1CO. The van der Waals surface area contributed by atoms with Crippen molar-refractivity contribution in [1.82, 2.24) is 15.5 Å². The van der Waals surface area contributed by atoms with E-state index in [0.29, 0.717) is 17.9 Å². The number of aryl methyl sites for hydroxylation is 4. The van der Waals surface area contributed by atoms with Crippen LogP contribution in [-0.4, -0.2) is 73.4 Å². The van der Waals surface area contributed by atoms with Gasteiger partial charge < -0.3 is 35.6 Å². The first-order valence-electron chi connectivity index (χ1n) is 19.1. The number of fused-ring (bicyclic) bond motifs is 1. The summed E-state index contributed by atoms with van der Waals surface area (Å²) in [6.45, 7) is 12.4. The van der Waals surface area contributed by atoms with Crippen molar-refractivity contribution in [2.75, 3.05) is 12.5 Å². The second-order valence-corrected chi connectivity index (χ2v) is 16.8. The summed E-state index contributed by atoms with van der Waals surface area (Å²) in [4.78, 5) is 42.7. The molecule has 4 aromatic rings. The molecule has 1 saturated heterocycles. The number of thioether (sulfide) groups is 1. The summed E-state index contributed by atoms with van der Waals surface area (Å²) in [5, 5.41) is 37.0. The summed E-state index contributed by atoms with van der Waals surface area (Å²) < 4.78 is 5.04. The molecule has 0 aliphatic carbocycles. The van der Waals surface area contributed by atoms with Crippen molar-refractivity contribution in [2.24, 2.45) is 5.92 Å². The second kappa shape index (κ2) is 19.0. The number of carbonyl (C=O) groups is 3. The van der Waals surface area contributed by atoms with E-state index in [4.69, 9.17) is 9.84 Å². The normalized spacial score (nSPS) is 19.4. The first-order valence-corrected chi connectivity index (χ1v) is 20.1. The van der Waals surface area contributed by atoms with E-state index in [0.717, 1.165) is 27.8 Å². The molecule has 4 aromatic carbocycles. The van der Waals surface area contributed by atoms with E-state index in [-0.39, 0.29) is 37.8 Å². The van der Waals surface area contributed by atoms with Gasteiger partial charge in [0, 0.05) is 22.8 Å². The molecule has 3 amide bonds. The van der Waals surface area contributed by atoms with E-state index >= 15 is 0 Å². The highest BCUT2D eigenvalue weighted by atomic mass is 32.2. The number of benzene rings is 4. The van der Waals surface area contributed by atoms with E-state index in [1.807, 2.05) is 120 Å². The van der Waals surface area contributed by atoms with Crippen LogP contribution in [-0.2, 0) is 34.0 Å². The number of hydrogen-bond donors (Lipinski definition) is 5. The Labute approximate surface area is 334 Å². The lowest BCUT2D eigenvalue weighted by Gasteiger charge is -2.33. The minimum Gasteiger partial charge on any atom is -0.490 e. The molecule has 0 radical (unpaired) electrons. The minimum absolute atomic E-state index is 0.0295. The molecule has 5 atom stereocenters. The van der Waals surface area contributed by atoms with Crippen LogP contribution in [0.1, 0.15) is 70.8 Å². The van der Waals surface area contributed by atoms with Crippen LogP contribution in [0.2, 0.25) is 0 Å². The fourth-order valence-electron chi connectivity index (χ4n) is 7.45. The molecule has 0 unspecified atom stereocenters. The van der Waals surface area contributed by atoms with Crippen LogP contribution in [0.25, 0.3) is 0 Å². The third kappa shape index (κ3) is 10.2. The Morgan fingerprint density at radius 2 is 1.45 bits per heavy atom. The number of carbonyl (C=O) groups excluding carboxylic acids is 3. The smallest absolute Gasteiger partial charge is 0.252 e. The largest absolute Gasteiger partial charge is 0.490 e. The summed E-state index contributed by atoms with van der Waals surface area (Å²) in [6, 6.07) is 27.1. The molecule has 0 spiro atoms. The molecular formula is C45H55N3O7S. The van der Waals surface area contributed by atoms with Crippen LogP contribution in [0.15, 0.2) is 91.0 Å². The third-order valence-electron chi connectivity index (χ3n) is 10.8. The highest BCUT2D eigenvalue weighted by Gasteiger charge is 2.49. The number of amides is 3. The van der Waals surface area contributed by atoms with Crippen LogP contribution < -0.4 is 15.4 Å². The predicted molar refractivity (Wildman–Crippen MR) is 220 cm³/mol. The van der Waals surface area contributed by atoms with E-state index in [1.54, 1.807) is 12.1 Å². The van der Waals surface area contributed by atoms with Gasteiger partial charge in [-0.05, 0) is 99.4 Å². The van der Waals surface area contributed by atoms with E-state index in [1.165, 1.54) is 27.8 Å². The van der Waals surface area contributed by atoms with Crippen molar-refractivity contribution in [3.8, 4) is 5.75 Å². The summed E-state index contributed by atoms with van der Waals surface area (Å²) in [6.07, 6.45) is -2.36. The monoisotopic (exact) mass is 781 g/mol. The maximum absolute atomic E-state index is 13.8. The zero-order chi connectivity index (χ0) is 40.6. The molecule has 2 aliphatic heterocycles. The zero-order valence-electron chi connectivity index (χ0n) is 33.1. The molecule has 2 aliphatic rings. The van der Waals surface area contributed by atoms with Gasteiger partial charge in [0.15, 0.2) is 0 Å². The Balaban J connectivity index is 0.000000522. The average Bonchev–Trinajstić information content (AvgIpc) is 3.50. The Hall–Kier alpha value is -4.68. The van der Waals surface area contributed by atoms with Crippen molar-refractivity contribution in [3.63, 3.8) is 0 Å². The molecule has 6 rings (SSSR count). The Bertz CT molecular complexity index is 1950. The van der Waals surface area contributed by atoms with Crippen LogP contribution in [0.4, 0.5) is 0 Å². The molecule has 1 fully saturated rings. The molecular weight excluding hydrogens is 727 g/mol. The molecule has 0 bridgehead atoms. The Kier molecular flexibility index (Phi) is 14.4. The molecule has 5 N–H and O–H groups in total. The molecule has 11 heteroatoms. The van der Waals surface area contributed by atoms with Crippen LogP contribution >= 0.6 is 11.8 Å². The summed E-state index contributed by atoms with van der Waals surface area (Å²) in [7, 11) is 0. The molecule has 0 aromatic heterocycles. The number of hydrogen-bond acceptors (Lipinski definition) is 8. The number of para-hydroxylation sites is 1. The Morgan fingerprint density at radius 3 is 2.05 bits per heavy atom. The van der Waals surface area contributed by atoms with E-state index in [2.05, 4.69) is 10.6 Å². The Morgan fingerprint density at radius 1 is 0.857 bits per heavy atom. The molecule has 56 heavy (non-hydrogen) atoms. The van der Waals surface area contributed by atoms with Crippen molar-refractivity contribution in [1.29, 1.82) is 0 Å². The van der Waals surface area contributed by atoms with Gasteiger partial charge >= 0.3 is 0 Å². The van der Waals surface area contributed by atoms with Gasteiger partial charge in [0.25, 0.3) is 5.91 Å². The van der Waals surface area contributed by atoms with Gasteiger partial charge in [-0.1, -0.05) is 84.9 Å². The average molecular weight is 782 g/mol. The van der Waals surface area contributed by atoms with Gasteiger partial charge in [0.2, 0.25) is 11.8 Å². The fraction of sp³-hybridized carbons (Fsp3) is 0.400. The lowest BCUT2D eigenvalue weighted by atomic mass is 9.90. The first-order chi connectivity index (χ1) is 26.7. The van der Waals surface area contributed by atoms with Gasteiger partial charge in [-0.15, -0.1) is 11.8 Å². The summed E-state index contributed by atoms with van der Waals surface area (Å²) in [5.41, 5.74) is 8.11. The first kappa shape index (κ1) is 42.5. The highest BCUT2D eigenvalue weighted by molar-refractivity contribution is 8.00. The van der Waals surface area contributed by atoms with Gasteiger partial charge in [-0.3, -0.25) is 14.4 Å². The van der Waals surface area contributed by atoms with Crippen LogP contribution in [0, 0.1) is 33.6 Å². The minimum atomic E-state index is -1.52. The van der Waals surface area contributed by atoms with Crippen molar-refractivity contribution in [2.45, 2.75) is 96.6 Å². The van der Waals surface area contributed by atoms with Gasteiger partial charge in [0.1, 0.15) is 30.6 Å². The van der Waals surface area contributed by atoms with Gasteiger partial charge in [-0.25, -0.2) is 0 Å². The quantitative estimate of drug-likeness (QED) is 0.132. The number of nitrogens with zero attached hydrogens (tertiary/aromatic N) is 1. The van der Waals surface area contributed by atoms with E-state index in [9.17, 15) is 24.6 Å². The summed E-state index contributed by atoms with van der Waals surface area (Å²) in [5.74, 6) is -1.23. The maximum Gasteiger partial charge on any atom is 0.252 e. The van der Waals surface area contributed by atoms with Gasteiger partial charge in [-0.2, -0.15) is 0 Å². The topological polar surface area (TPSA) is 148 Å². The number of nitrogens with one attached hydrogen (secondary N) is 2.